The molecule has 0 aliphatic carbocycles. The van der Waals surface area contributed by atoms with E-state index >= 15 is 0 Å². The van der Waals surface area contributed by atoms with Crippen molar-refractivity contribution >= 4 is 34.8 Å². The fourth-order valence-corrected chi connectivity index (χ4v) is 3.96. The summed E-state index contributed by atoms with van der Waals surface area (Å²) in [4.78, 5) is 15.0. The van der Waals surface area contributed by atoms with Gasteiger partial charge in [-0.1, -0.05) is 54.4 Å². The smallest absolute Gasteiger partial charge is 0.227 e. The standard InChI is InChI=1S/C21H24Cl2N2O/c1-2-15-6-3-4-9-20(15)24-21(26)16-10-12-25(13-11-16)14-17-18(22)7-5-8-19(17)23/h3-9,16H,2,10-14H2,1H3,(H,24,26). The summed E-state index contributed by atoms with van der Waals surface area (Å²) in [6.45, 7) is 4.57. The normalized spacial score (nSPS) is 15.8. The molecule has 1 aliphatic rings. The average Bonchev–Trinajstić information content (AvgIpc) is 2.66. The molecule has 5 heteroatoms. The minimum absolute atomic E-state index is 0.0536. The zero-order valence-electron chi connectivity index (χ0n) is 15.0. The molecule has 1 heterocycles. The van der Waals surface area contributed by atoms with Gasteiger partial charge in [-0.05, 0) is 56.1 Å². The van der Waals surface area contributed by atoms with Gasteiger partial charge in [0.2, 0.25) is 5.91 Å². The third-order valence-corrected chi connectivity index (χ3v) is 5.77. The van der Waals surface area contributed by atoms with Crippen molar-refractivity contribution in [1.29, 1.82) is 0 Å². The summed E-state index contributed by atoms with van der Waals surface area (Å²) in [5.74, 6) is 0.180. The lowest BCUT2D eigenvalue weighted by atomic mass is 9.95. The van der Waals surface area contributed by atoms with Gasteiger partial charge in [-0.25, -0.2) is 0 Å². The number of nitrogens with zero attached hydrogens (tertiary/aromatic N) is 1. The van der Waals surface area contributed by atoms with Crippen LogP contribution in [-0.2, 0) is 17.8 Å². The molecule has 1 N–H and O–H groups in total. The van der Waals surface area contributed by atoms with Crippen molar-refractivity contribution in [3.8, 4) is 0 Å². The number of benzene rings is 2. The van der Waals surface area contributed by atoms with Crippen molar-refractivity contribution < 1.29 is 4.79 Å². The van der Waals surface area contributed by atoms with Crippen LogP contribution in [0.4, 0.5) is 5.69 Å². The van der Waals surface area contributed by atoms with E-state index in [2.05, 4.69) is 23.2 Å². The molecule has 0 spiro atoms. The van der Waals surface area contributed by atoms with Gasteiger partial charge in [0.25, 0.3) is 0 Å². The van der Waals surface area contributed by atoms with Crippen LogP contribution in [0.1, 0.15) is 30.9 Å². The molecule has 0 saturated carbocycles. The van der Waals surface area contributed by atoms with Gasteiger partial charge in [-0.2, -0.15) is 0 Å². The number of carbonyl (C=O) groups excluding carboxylic acids is 1. The van der Waals surface area contributed by atoms with Crippen LogP contribution in [0.25, 0.3) is 0 Å². The number of hydrogen-bond acceptors (Lipinski definition) is 2. The Hall–Kier alpha value is -1.55. The average molecular weight is 391 g/mol. The number of para-hydroxylation sites is 1. The molecule has 0 atom stereocenters. The Morgan fingerprint density at radius 2 is 1.73 bits per heavy atom. The first-order chi connectivity index (χ1) is 12.6. The van der Waals surface area contributed by atoms with Crippen molar-refractivity contribution in [3.05, 3.63) is 63.6 Å². The van der Waals surface area contributed by atoms with Crippen molar-refractivity contribution in [2.75, 3.05) is 18.4 Å². The molecule has 1 aliphatic heterocycles. The zero-order chi connectivity index (χ0) is 18.5. The minimum Gasteiger partial charge on any atom is -0.326 e. The first-order valence-electron chi connectivity index (χ1n) is 9.12. The summed E-state index contributed by atoms with van der Waals surface area (Å²) in [6, 6.07) is 13.6. The predicted octanol–water partition coefficient (Wildman–Crippen LogP) is 5.41. The molecular weight excluding hydrogens is 367 g/mol. The highest BCUT2D eigenvalue weighted by molar-refractivity contribution is 6.35. The quantitative estimate of drug-likeness (QED) is 0.740. The van der Waals surface area contributed by atoms with Crippen LogP contribution in [0, 0.1) is 5.92 Å². The van der Waals surface area contributed by atoms with E-state index in [1.165, 1.54) is 5.56 Å². The molecule has 138 valence electrons. The first kappa shape index (κ1) is 19.2. The molecule has 0 radical (unpaired) electrons. The molecule has 3 rings (SSSR count). The molecule has 2 aromatic rings. The topological polar surface area (TPSA) is 32.3 Å². The van der Waals surface area contributed by atoms with Crippen LogP contribution in [0.3, 0.4) is 0 Å². The summed E-state index contributed by atoms with van der Waals surface area (Å²) >= 11 is 12.5. The second-order valence-corrected chi connectivity index (χ2v) is 7.56. The highest BCUT2D eigenvalue weighted by atomic mass is 35.5. The summed E-state index contributed by atoms with van der Waals surface area (Å²) in [5, 5.41) is 4.52. The number of nitrogens with one attached hydrogen (secondary N) is 1. The Morgan fingerprint density at radius 1 is 1.08 bits per heavy atom. The van der Waals surface area contributed by atoms with E-state index < -0.39 is 0 Å². The van der Waals surface area contributed by atoms with Crippen LogP contribution in [-0.4, -0.2) is 23.9 Å². The van der Waals surface area contributed by atoms with Crippen LogP contribution >= 0.6 is 23.2 Å². The van der Waals surface area contributed by atoms with Gasteiger partial charge in [0.15, 0.2) is 0 Å². The molecule has 2 aromatic carbocycles. The number of carbonyl (C=O) groups is 1. The second-order valence-electron chi connectivity index (χ2n) is 6.75. The lowest BCUT2D eigenvalue weighted by molar-refractivity contribution is -0.121. The third-order valence-electron chi connectivity index (χ3n) is 5.06. The van der Waals surface area contributed by atoms with Crippen LogP contribution in [0.2, 0.25) is 10.0 Å². The summed E-state index contributed by atoms with van der Waals surface area (Å²) in [6.07, 6.45) is 2.61. The van der Waals surface area contributed by atoms with E-state index in [-0.39, 0.29) is 11.8 Å². The van der Waals surface area contributed by atoms with Gasteiger partial charge in [0, 0.05) is 33.8 Å². The molecular formula is C21H24Cl2N2O. The lowest BCUT2D eigenvalue weighted by Crippen LogP contribution is -2.38. The SMILES string of the molecule is CCc1ccccc1NC(=O)C1CCN(Cc2c(Cl)cccc2Cl)CC1. The van der Waals surface area contributed by atoms with E-state index in [0.29, 0.717) is 10.0 Å². The van der Waals surface area contributed by atoms with Gasteiger partial charge in [-0.15, -0.1) is 0 Å². The van der Waals surface area contributed by atoms with Crippen molar-refractivity contribution in [1.82, 2.24) is 4.90 Å². The third kappa shape index (κ3) is 4.59. The zero-order valence-corrected chi connectivity index (χ0v) is 16.5. The molecule has 0 bridgehead atoms. The largest absolute Gasteiger partial charge is 0.326 e. The number of piperidine rings is 1. The summed E-state index contributed by atoms with van der Waals surface area (Å²) in [7, 11) is 0. The van der Waals surface area contributed by atoms with Gasteiger partial charge in [-0.3, -0.25) is 9.69 Å². The Kier molecular flexibility index (Phi) is 6.58. The molecule has 0 aromatic heterocycles. The number of aryl methyl sites for hydroxylation is 1. The number of amides is 1. The maximum atomic E-state index is 12.6. The fourth-order valence-electron chi connectivity index (χ4n) is 3.45. The predicted molar refractivity (Wildman–Crippen MR) is 109 cm³/mol. The number of halogens is 2. The molecule has 1 fully saturated rings. The van der Waals surface area contributed by atoms with Crippen LogP contribution < -0.4 is 5.32 Å². The van der Waals surface area contributed by atoms with Gasteiger partial charge in [0.1, 0.15) is 0 Å². The number of likely N-dealkylation sites (tertiary alicyclic amines) is 1. The monoisotopic (exact) mass is 390 g/mol. The minimum atomic E-state index is 0.0536. The first-order valence-corrected chi connectivity index (χ1v) is 9.88. The van der Waals surface area contributed by atoms with Gasteiger partial charge in [0.05, 0.1) is 0 Å². The summed E-state index contributed by atoms with van der Waals surface area (Å²) < 4.78 is 0. The van der Waals surface area contributed by atoms with E-state index in [9.17, 15) is 4.79 Å². The van der Waals surface area contributed by atoms with Crippen LogP contribution in [0.5, 0.6) is 0 Å². The Balaban J connectivity index is 1.56. The van der Waals surface area contributed by atoms with E-state index in [1.54, 1.807) is 0 Å². The van der Waals surface area contributed by atoms with E-state index in [4.69, 9.17) is 23.2 Å². The number of hydrogen-bond donors (Lipinski definition) is 1. The fraction of sp³-hybridized carbons (Fsp3) is 0.381. The Labute approximate surface area is 165 Å². The highest BCUT2D eigenvalue weighted by Crippen LogP contribution is 2.28. The van der Waals surface area contributed by atoms with Crippen molar-refractivity contribution in [2.45, 2.75) is 32.7 Å². The maximum absolute atomic E-state index is 12.6. The summed E-state index contributed by atoms with van der Waals surface area (Å²) in [5.41, 5.74) is 3.08. The Bertz CT molecular complexity index is 750. The highest BCUT2D eigenvalue weighted by Gasteiger charge is 2.26. The Morgan fingerprint density at radius 3 is 2.38 bits per heavy atom. The van der Waals surface area contributed by atoms with E-state index in [0.717, 1.165) is 50.1 Å². The molecule has 0 unspecified atom stereocenters. The molecule has 3 nitrogen and oxygen atoms in total. The van der Waals surface area contributed by atoms with Crippen molar-refractivity contribution in [3.63, 3.8) is 0 Å². The van der Waals surface area contributed by atoms with Gasteiger partial charge < -0.3 is 5.32 Å². The van der Waals surface area contributed by atoms with E-state index in [1.807, 2.05) is 36.4 Å². The van der Waals surface area contributed by atoms with Gasteiger partial charge >= 0.3 is 0 Å². The molecule has 1 amide bonds. The van der Waals surface area contributed by atoms with Crippen LogP contribution in [0.15, 0.2) is 42.5 Å². The number of rotatable bonds is 5. The van der Waals surface area contributed by atoms with Crippen molar-refractivity contribution in [2.24, 2.45) is 5.92 Å². The molecule has 1 saturated heterocycles. The molecule has 26 heavy (non-hydrogen) atoms. The second kappa shape index (κ2) is 8.90. The number of anilines is 1. The lowest BCUT2D eigenvalue weighted by Gasteiger charge is -2.31. The maximum Gasteiger partial charge on any atom is 0.227 e.